The van der Waals surface area contributed by atoms with Gasteiger partial charge in [0.25, 0.3) is 0 Å². The molecule has 0 saturated heterocycles. The lowest BCUT2D eigenvalue weighted by molar-refractivity contribution is -0.148. The summed E-state index contributed by atoms with van der Waals surface area (Å²) in [7, 11) is 0. The van der Waals surface area contributed by atoms with Crippen LogP contribution in [0.25, 0.3) is 0 Å². The van der Waals surface area contributed by atoms with Crippen molar-refractivity contribution in [1.29, 1.82) is 0 Å². The molecule has 2 saturated carbocycles. The molecule has 1 amide bonds. The molecule has 158 valence electrons. The van der Waals surface area contributed by atoms with Gasteiger partial charge >= 0.3 is 11.9 Å². The largest absolute Gasteiger partial charge is 0.481 e. The fraction of sp³-hybridized carbons (Fsp3) is 0.591. The molecule has 1 aromatic heterocycles. The number of aliphatic carboxylic acids is 1. The zero-order chi connectivity index (χ0) is 21.5. The molecule has 2 aliphatic rings. The van der Waals surface area contributed by atoms with Crippen LogP contribution in [0, 0.1) is 23.7 Å². The minimum Gasteiger partial charge on any atom is -0.481 e. The maximum Gasteiger partial charge on any atom is 0.341 e. The maximum atomic E-state index is 13.3. The van der Waals surface area contributed by atoms with Gasteiger partial charge in [0.05, 0.1) is 24.0 Å². The Morgan fingerprint density at radius 1 is 1.21 bits per heavy atom. The van der Waals surface area contributed by atoms with E-state index in [1.54, 1.807) is 13.0 Å². The molecule has 6 nitrogen and oxygen atoms in total. The molecule has 2 aliphatic carbocycles. The quantitative estimate of drug-likeness (QED) is 0.516. The number of carboxylic acids is 1. The first-order valence-corrected chi connectivity index (χ1v) is 11.0. The number of carbonyl (C=O) groups excluding carboxylic acids is 2. The molecule has 0 radical (unpaired) electrons. The third-order valence-corrected chi connectivity index (χ3v) is 7.41. The van der Waals surface area contributed by atoms with Crippen LogP contribution < -0.4 is 5.32 Å². The second-order valence-electron chi connectivity index (χ2n) is 8.39. The van der Waals surface area contributed by atoms with E-state index in [1.807, 2.05) is 27.7 Å². The summed E-state index contributed by atoms with van der Waals surface area (Å²) >= 11 is 1.35. The highest BCUT2D eigenvalue weighted by Crippen LogP contribution is 2.57. The number of hydrogen-bond acceptors (Lipinski definition) is 5. The van der Waals surface area contributed by atoms with Crippen LogP contribution in [0.4, 0.5) is 5.00 Å². The van der Waals surface area contributed by atoms with Crippen molar-refractivity contribution >= 4 is 34.2 Å². The van der Waals surface area contributed by atoms with Gasteiger partial charge in [-0.15, -0.1) is 11.3 Å². The van der Waals surface area contributed by atoms with Gasteiger partial charge in [0.1, 0.15) is 5.00 Å². The van der Waals surface area contributed by atoms with Gasteiger partial charge in [-0.1, -0.05) is 25.0 Å². The average molecular weight is 420 g/mol. The van der Waals surface area contributed by atoms with E-state index in [1.165, 1.54) is 11.3 Å². The molecule has 29 heavy (non-hydrogen) atoms. The number of esters is 1. The summed E-state index contributed by atoms with van der Waals surface area (Å²) in [6.07, 6.45) is 1.65. The standard InChI is InChI=1S/C22H29NO5S/c1-6-28-22(27)14-9-15(10(2)3)29-20(14)23-19(24)17-12-7-8-13(16(12)11(4)5)18(17)21(25)26/h9-10,12-13,17-18H,6-8H2,1-5H3,(H,23,24)(H,25,26)/t12-,13+,17-,18-/m0/s1. The van der Waals surface area contributed by atoms with Gasteiger partial charge in [0.2, 0.25) is 5.91 Å². The minimum atomic E-state index is -0.921. The van der Waals surface area contributed by atoms with E-state index in [9.17, 15) is 19.5 Å². The van der Waals surface area contributed by atoms with E-state index >= 15 is 0 Å². The summed E-state index contributed by atoms with van der Waals surface area (Å²) < 4.78 is 5.14. The highest BCUT2D eigenvalue weighted by Gasteiger charge is 2.57. The number of nitrogens with one attached hydrogen (secondary N) is 1. The molecule has 4 atom stereocenters. The smallest absolute Gasteiger partial charge is 0.341 e. The van der Waals surface area contributed by atoms with Crippen molar-refractivity contribution in [2.24, 2.45) is 23.7 Å². The van der Waals surface area contributed by atoms with E-state index < -0.39 is 23.8 Å². The summed E-state index contributed by atoms with van der Waals surface area (Å²) in [5.74, 6) is -2.95. The first kappa shape index (κ1) is 21.6. The number of carbonyl (C=O) groups is 3. The second kappa shape index (κ2) is 8.30. The number of thiophene rings is 1. The molecule has 0 aromatic carbocycles. The van der Waals surface area contributed by atoms with Gasteiger partial charge in [0, 0.05) is 4.88 Å². The third kappa shape index (κ3) is 3.84. The predicted molar refractivity (Wildman–Crippen MR) is 112 cm³/mol. The number of allylic oxidation sites excluding steroid dienone is 2. The fourth-order valence-corrected chi connectivity index (χ4v) is 6.00. The van der Waals surface area contributed by atoms with Gasteiger partial charge < -0.3 is 15.2 Å². The van der Waals surface area contributed by atoms with Crippen LogP contribution in [0.5, 0.6) is 0 Å². The highest BCUT2D eigenvalue weighted by atomic mass is 32.1. The summed E-state index contributed by atoms with van der Waals surface area (Å²) in [6.45, 7) is 10.0. The summed E-state index contributed by atoms with van der Waals surface area (Å²) in [5.41, 5.74) is 2.59. The molecule has 1 aromatic rings. The lowest BCUT2D eigenvalue weighted by Gasteiger charge is -2.26. The number of carboxylic acid groups (broad SMARTS) is 1. The number of amides is 1. The Bertz CT molecular complexity index is 865. The minimum absolute atomic E-state index is 0.0401. The van der Waals surface area contributed by atoms with Crippen molar-refractivity contribution in [3.63, 3.8) is 0 Å². The molecular formula is C22H29NO5S. The Kier molecular flexibility index (Phi) is 6.17. The number of rotatable bonds is 6. The highest BCUT2D eigenvalue weighted by molar-refractivity contribution is 7.16. The molecule has 0 unspecified atom stereocenters. The van der Waals surface area contributed by atoms with Crippen LogP contribution in [0.3, 0.4) is 0 Å². The Labute approximate surface area is 175 Å². The van der Waals surface area contributed by atoms with E-state index in [4.69, 9.17) is 4.74 Å². The van der Waals surface area contributed by atoms with E-state index in [2.05, 4.69) is 5.32 Å². The normalized spacial score (nSPS) is 25.4. The summed E-state index contributed by atoms with van der Waals surface area (Å²) in [5, 5.41) is 13.2. The van der Waals surface area contributed by atoms with E-state index in [-0.39, 0.29) is 30.3 Å². The molecule has 7 heteroatoms. The number of anilines is 1. The predicted octanol–water partition coefficient (Wildman–Crippen LogP) is 4.68. The first-order valence-electron chi connectivity index (χ1n) is 10.2. The van der Waals surface area contributed by atoms with Crippen molar-refractivity contribution in [2.45, 2.75) is 53.4 Å². The van der Waals surface area contributed by atoms with Crippen LogP contribution in [0.2, 0.25) is 0 Å². The lowest BCUT2D eigenvalue weighted by atomic mass is 9.79. The lowest BCUT2D eigenvalue weighted by Crippen LogP contribution is -2.37. The summed E-state index contributed by atoms with van der Waals surface area (Å²) in [6, 6.07) is 1.76. The number of ether oxygens (including phenoxy) is 1. The molecule has 3 rings (SSSR count). The number of hydrogen-bond donors (Lipinski definition) is 2. The first-order chi connectivity index (χ1) is 13.7. The molecule has 0 aliphatic heterocycles. The van der Waals surface area contributed by atoms with Gasteiger partial charge in [0.15, 0.2) is 0 Å². The zero-order valence-corrected chi connectivity index (χ0v) is 18.4. The Hall–Kier alpha value is -2.15. The van der Waals surface area contributed by atoms with Gasteiger partial charge in [-0.2, -0.15) is 0 Å². The van der Waals surface area contributed by atoms with Gasteiger partial charge in [-0.25, -0.2) is 4.79 Å². The van der Waals surface area contributed by atoms with Crippen molar-refractivity contribution < 1.29 is 24.2 Å². The maximum absolute atomic E-state index is 13.3. The average Bonchev–Trinajstić information content (AvgIpc) is 3.32. The molecule has 1 heterocycles. The van der Waals surface area contributed by atoms with E-state index in [0.717, 1.165) is 28.9 Å². The van der Waals surface area contributed by atoms with Gasteiger partial charge in [-0.3, -0.25) is 9.59 Å². The van der Waals surface area contributed by atoms with Crippen LogP contribution in [0.1, 0.15) is 68.6 Å². The Morgan fingerprint density at radius 3 is 2.34 bits per heavy atom. The zero-order valence-electron chi connectivity index (χ0n) is 17.6. The van der Waals surface area contributed by atoms with Crippen molar-refractivity contribution in [3.8, 4) is 0 Å². The van der Waals surface area contributed by atoms with Crippen molar-refractivity contribution in [3.05, 3.63) is 27.7 Å². The van der Waals surface area contributed by atoms with E-state index in [0.29, 0.717) is 10.6 Å². The molecule has 0 spiro atoms. The Balaban J connectivity index is 1.93. The molecule has 2 bridgehead atoms. The summed E-state index contributed by atoms with van der Waals surface area (Å²) in [4.78, 5) is 38.6. The second-order valence-corrected chi connectivity index (χ2v) is 9.48. The fourth-order valence-electron chi connectivity index (χ4n) is 4.95. The van der Waals surface area contributed by atoms with Crippen LogP contribution in [0.15, 0.2) is 17.2 Å². The van der Waals surface area contributed by atoms with Gasteiger partial charge in [-0.05, 0) is 57.4 Å². The third-order valence-electron chi connectivity index (χ3n) is 6.06. The van der Waals surface area contributed by atoms with Crippen LogP contribution in [-0.4, -0.2) is 29.6 Å². The van der Waals surface area contributed by atoms with Crippen molar-refractivity contribution in [1.82, 2.24) is 0 Å². The SMILES string of the molecule is CCOC(=O)c1cc(C(C)C)sc1NC(=O)[C@@H]1[C@@H](C(=O)O)[C@@H]2CC[C@H]1C2=C(C)C. The molecule has 2 N–H and O–H groups in total. The van der Waals surface area contributed by atoms with Crippen molar-refractivity contribution in [2.75, 3.05) is 11.9 Å². The molecular weight excluding hydrogens is 390 g/mol. The number of fused-ring (bicyclic) bond motifs is 2. The Morgan fingerprint density at radius 2 is 1.83 bits per heavy atom. The monoisotopic (exact) mass is 419 g/mol. The van der Waals surface area contributed by atoms with Crippen LogP contribution in [-0.2, 0) is 14.3 Å². The van der Waals surface area contributed by atoms with Crippen LogP contribution >= 0.6 is 11.3 Å². The topological polar surface area (TPSA) is 92.7 Å². The molecule has 2 fully saturated rings.